The zero-order chi connectivity index (χ0) is 24.2. The Kier molecular flexibility index (Phi) is 6.95. The van der Waals surface area contributed by atoms with Gasteiger partial charge >= 0.3 is 17.9 Å². The Balaban J connectivity index is 1.68. The molecule has 0 atom stereocenters. The maximum Gasteiger partial charge on any atom is 0.416 e. The second kappa shape index (κ2) is 9.67. The molecule has 2 N–H and O–H groups in total. The molecular weight excluding hydrogens is 443 g/mol. The molecule has 0 fully saturated rings. The van der Waals surface area contributed by atoms with Gasteiger partial charge in [-0.3, -0.25) is 4.57 Å². The number of alkyl halides is 3. The average Bonchev–Trinajstić information content (AvgIpc) is 3.07. The number of urea groups is 1. The third-order valence-electron chi connectivity index (χ3n) is 4.75. The summed E-state index contributed by atoms with van der Waals surface area (Å²) in [4.78, 5) is 24.7. The number of para-hydroxylation sites is 1. The van der Waals surface area contributed by atoms with Gasteiger partial charge in [0, 0.05) is 19.2 Å². The van der Waals surface area contributed by atoms with Gasteiger partial charge in [0.1, 0.15) is 0 Å². The number of benzene rings is 2. The minimum Gasteiger partial charge on any atom is -0.493 e. The highest BCUT2D eigenvalue weighted by atomic mass is 19.4. The molecule has 12 heteroatoms. The minimum absolute atomic E-state index is 0.00823. The molecule has 1 heterocycles. The predicted octanol–water partition coefficient (Wildman–Crippen LogP) is 3.11. The molecule has 0 saturated carbocycles. The molecule has 9 nitrogen and oxygen atoms in total. The Morgan fingerprint density at radius 1 is 1.12 bits per heavy atom. The van der Waals surface area contributed by atoms with E-state index in [0.717, 1.165) is 21.4 Å². The van der Waals surface area contributed by atoms with Gasteiger partial charge in [0.2, 0.25) is 0 Å². The Bertz CT molecular complexity index is 1200. The molecule has 1 aromatic heterocycles. The molecule has 176 valence electrons. The number of methoxy groups -OCH3 is 2. The molecule has 0 spiro atoms. The van der Waals surface area contributed by atoms with Crippen molar-refractivity contribution in [1.29, 1.82) is 0 Å². The lowest BCUT2D eigenvalue weighted by Gasteiger charge is -2.13. The molecule has 0 unspecified atom stereocenters. The number of rotatable bonds is 7. The van der Waals surface area contributed by atoms with Crippen LogP contribution in [0.15, 0.2) is 47.3 Å². The van der Waals surface area contributed by atoms with E-state index in [4.69, 9.17) is 9.47 Å². The minimum atomic E-state index is -4.51. The van der Waals surface area contributed by atoms with Gasteiger partial charge in [-0.2, -0.15) is 13.2 Å². The number of nitrogens with one attached hydrogen (secondary N) is 2. The molecule has 0 bridgehead atoms. The second-order valence-electron chi connectivity index (χ2n) is 6.89. The van der Waals surface area contributed by atoms with E-state index in [1.807, 2.05) is 0 Å². The number of hydrogen-bond acceptors (Lipinski definition) is 5. The van der Waals surface area contributed by atoms with E-state index in [0.29, 0.717) is 17.2 Å². The van der Waals surface area contributed by atoms with Crippen LogP contribution in [0.3, 0.4) is 0 Å². The van der Waals surface area contributed by atoms with E-state index in [2.05, 4.69) is 15.7 Å². The van der Waals surface area contributed by atoms with Crippen molar-refractivity contribution in [1.82, 2.24) is 19.7 Å². The molecule has 0 aliphatic carbocycles. The predicted molar refractivity (Wildman–Crippen MR) is 114 cm³/mol. The molecule has 0 radical (unpaired) electrons. The fourth-order valence-electron chi connectivity index (χ4n) is 3.15. The van der Waals surface area contributed by atoms with Gasteiger partial charge in [-0.25, -0.2) is 14.3 Å². The molecule has 2 aromatic carbocycles. The average molecular weight is 465 g/mol. The van der Waals surface area contributed by atoms with Crippen LogP contribution in [0.1, 0.15) is 5.56 Å². The Hall–Kier alpha value is -3.96. The lowest BCUT2D eigenvalue weighted by molar-refractivity contribution is -0.137. The van der Waals surface area contributed by atoms with Crippen LogP contribution >= 0.6 is 0 Å². The van der Waals surface area contributed by atoms with E-state index in [1.165, 1.54) is 33.4 Å². The molecule has 3 aromatic rings. The van der Waals surface area contributed by atoms with Gasteiger partial charge in [0.15, 0.2) is 17.3 Å². The summed E-state index contributed by atoms with van der Waals surface area (Å²) in [5, 5.41) is 9.34. The van der Waals surface area contributed by atoms with Crippen LogP contribution in [-0.2, 0) is 19.8 Å². The zero-order valence-corrected chi connectivity index (χ0v) is 18.1. The number of aromatic nitrogens is 3. The second-order valence-corrected chi connectivity index (χ2v) is 6.89. The highest BCUT2D eigenvalue weighted by molar-refractivity contribution is 5.91. The van der Waals surface area contributed by atoms with E-state index < -0.39 is 23.5 Å². The summed E-state index contributed by atoms with van der Waals surface area (Å²) in [6.07, 6.45) is -4.51. The quantitative estimate of drug-likeness (QED) is 0.559. The van der Waals surface area contributed by atoms with Crippen molar-refractivity contribution < 1.29 is 27.4 Å². The first-order valence-electron chi connectivity index (χ1n) is 9.73. The Labute approximate surface area is 186 Å². The van der Waals surface area contributed by atoms with Crippen molar-refractivity contribution in [2.24, 2.45) is 7.05 Å². The van der Waals surface area contributed by atoms with Crippen LogP contribution in [0.4, 0.5) is 23.7 Å². The maximum absolute atomic E-state index is 13.0. The third kappa shape index (κ3) is 5.27. The first-order chi connectivity index (χ1) is 15.7. The molecular formula is C21H22F3N5O4. The largest absolute Gasteiger partial charge is 0.493 e. The van der Waals surface area contributed by atoms with Crippen LogP contribution in [0.2, 0.25) is 0 Å². The van der Waals surface area contributed by atoms with Gasteiger partial charge in [-0.15, -0.1) is 5.10 Å². The van der Waals surface area contributed by atoms with Gasteiger partial charge in [0.25, 0.3) is 0 Å². The fourth-order valence-corrected chi connectivity index (χ4v) is 3.15. The highest BCUT2D eigenvalue weighted by Crippen LogP contribution is 2.34. The summed E-state index contributed by atoms with van der Waals surface area (Å²) in [7, 11) is 4.33. The number of nitrogens with zero attached hydrogens (tertiary/aromatic N) is 3. The van der Waals surface area contributed by atoms with E-state index in [9.17, 15) is 22.8 Å². The van der Waals surface area contributed by atoms with Gasteiger partial charge in [-0.05, 0) is 24.3 Å². The van der Waals surface area contributed by atoms with Crippen molar-refractivity contribution in [2.45, 2.75) is 12.7 Å². The van der Waals surface area contributed by atoms with E-state index in [-0.39, 0.29) is 24.5 Å². The summed E-state index contributed by atoms with van der Waals surface area (Å²) in [6.45, 7) is 0.0470. The number of halogens is 3. The number of carbonyl (C=O) groups is 1. The molecule has 0 aliphatic heterocycles. The SMILES string of the molecule is COc1cccc(NC(=O)NCCn2nc(-c3cccc(C(F)(F)F)c3)n(C)c2=O)c1OC. The van der Waals surface area contributed by atoms with Gasteiger partial charge in [-0.1, -0.05) is 18.2 Å². The van der Waals surface area contributed by atoms with Crippen LogP contribution in [-0.4, -0.2) is 41.1 Å². The summed E-state index contributed by atoms with van der Waals surface area (Å²) in [5.74, 6) is 0.871. The summed E-state index contributed by atoms with van der Waals surface area (Å²) in [6, 6.07) is 9.00. The van der Waals surface area contributed by atoms with Crippen molar-refractivity contribution in [3.05, 3.63) is 58.5 Å². The fraction of sp³-hybridized carbons (Fsp3) is 0.286. The topological polar surface area (TPSA) is 99.4 Å². The van der Waals surface area contributed by atoms with Crippen LogP contribution < -0.4 is 25.8 Å². The molecule has 0 saturated heterocycles. The van der Waals surface area contributed by atoms with Gasteiger partial charge < -0.3 is 20.1 Å². The molecule has 2 amide bonds. The van der Waals surface area contributed by atoms with Gasteiger partial charge in [0.05, 0.1) is 32.0 Å². The lowest BCUT2D eigenvalue weighted by Crippen LogP contribution is -2.34. The summed E-state index contributed by atoms with van der Waals surface area (Å²) < 4.78 is 51.7. The Morgan fingerprint density at radius 3 is 2.52 bits per heavy atom. The lowest BCUT2D eigenvalue weighted by atomic mass is 10.1. The van der Waals surface area contributed by atoms with E-state index >= 15 is 0 Å². The van der Waals surface area contributed by atoms with Crippen molar-refractivity contribution in [3.8, 4) is 22.9 Å². The number of ether oxygens (including phenoxy) is 2. The normalized spacial score (nSPS) is 11.2. The van der Waals surface area contributed by atoms with Crippen LogP contribution in [0.25, 0.3) is 11.4 Å². The van der Waals surface area contributed by atoms with Crippen LogP contribution in [0, 0.1) is 0 Å². The first-order valence-corrected chi connectivity index (χ1v) is 9.73. The highest BCUT2D eigenvalue weighted by Gasteiger charge is 2.31. The Morgan fingerprint density at radius 2 is 1.85 bits per heavy atom. The first kappa shape index (κ1) is 23.7. The standard InChI is InChI=1S/C21H22F3N5O4/c1-28-18(13-6-4-7-14(12-13)21(22,23)24)27-29(20(28)31)11-10-25-19(30)26-15-8-5-9-16(32-2)17(15)33-3/h4-9,12H,10-11H2,1-3H3,(H2,25,26,30). The maximum atomic E-state index is 13.0. The number of carbonyl (C=O) groups excluding carboxylic acids is 1. The van der Waals surface area contributed by atoms with Crippen molar-refractivity contribution >= 4 is 11.7 Å². The number of anilines is 1. The summed E-state index contributed by atoms with van der Waals surface area (Å²) >= 11 is 0. The number of hydrogen-bond donors (Lipinski definition) is 2. The third-order valence-corrected chi connectivity index (χ3v) is 4.75. The van der Waals surface area contributed by atoms with Crippen molar-refractivity contribution in [2.75, 3.05) is 26.1 Å². The zero-order valence-electron chi connectivity index (χ0n) is 18.1. The smallest absolute Gasteiger partial charge is 0.416 e. The molecule has 3 rings (SSSR count). The molecule has 0 aliphatic rings. The van der Waals surface area contributed by atoms with E-state index in [1.54, 1.807) is 18.2 Å². The van der Waals surface area contributed by atoms with Crippen molar-refractivity contribution in [3.63, 3.8) is 0 Å². The monoisotopic (exact) mass is 465 g/mol. The number of amides is 2. The molecule has 33 heavy (non-hydrogen) atoms. The van der Waals surface area contributed by atoms with Crippen LogP contribution in [0.5, 0.6) is 11.5 Å². The summed E-state index contributed by atoms with van der Waals surface area (Å²) in [5.41, 5.74) is -0.831.